The van der Waals surface area contributed by atoms with Crippen LogP contribution in [-0.2, 0) is 17.9 Å². The van der Waals surface area contributed by atoms with Crippen molar-refractivity contribution in [3.05, 3.63) is 60.2 Å². The third kappa shape index (κ3) is 3.22. The predicted molar refractivity (Wildman–Crippen MR) is 80.7 cm³/mol. The van der Waals surface area contributed by atoms with Gasteiger partial charge in [0.1, 0.15) is 12.2 Å². The second-order valence-electron chi connectivity index (χ2n) is 4.94. The first-order valence-corrected chi connectivity index (χ1v) is 6.96. The summed E-state index contributed by atoms with van der Waals surface area (Å²) >= 11 is 0. The first-order chi connectivity index (χ1) is 10.7. The van der Waals surface area contributed by atoms with Gasteiger partial charge in [0, 0.05) is 18.9 Å². The molecule has 0 saturated carbocycles. The summed E-state index contributed by atoms with van der Waals surface area (Å²) in [5.41, 5.74) is 2.59. The molecule has 0 spiro atoms. The number of carbonyl (C=O) groups excluding carboxylic acids is 1. The maximum Gasteiger partial charge on any atom is 0.242 e. The SMILES string of the molecule is Cc1cc(-c2ccco2)n(CC(=O)NCc2cccnc2)n1. The van der Waals surface area contributed by atoms with Gasteiger partial charge in [-0.15, -0.1) is 0 Å². The molecular formula is C16H16N4O2. The number of nitrogens with one attached hydrogen (secondary N) is 1. The Hall–Kier alpha value is -2.89. The van der Waals surface area contributed by atoms with E-state index in [2.05, 4.69) is 15.4 Å². The molecule has 0 aliphatic rings. The van der Waals surface area contributed by atoms with E-state index in [1.165, 1.54) is 0 Å². The van der Waals surface area contributed by atoms with E-state index in [0.717, 1.165) is 17.0 Å². The molecule has 0 unspecified atom stereocenters. The second kappa shape index (κ2) is 6.26. The van der Waals surface area contributed by atoms with Crippen molar-refractivity contribution in [3.63, 3.8) is 0 Å². The van der Waals surface area contributed by atoms with Gasteiger partial charge in [-0.1, -0.05) is 6.07 Å². The number of hydrogen-bond donors (Lipinski definition) is 1. The Kier molecular flexibility index (Phi) is 4.00. The van der Waals surface area contributed by atoms with Crippen LogP contribution in [0.4, 0.5) is 0 Å². The molecule has 3 rings (SSSR count). The highest BCUT2D eigenvalue weighted by molar-refractivity contribution is 5.76. The minimum absolute atomic E-state index is 0.111. The molecule has 6 heteroatoms. The zero-order valence-corrected chi connectivity index (χ0v) is 12.2. The van der Waals surface area contributed by atoms with Gasteiger partial charge in [-0.2, -0.15) is 5.10 Å². The number of amides is 1. The van der Waals surface area contributed by atoms with Gasteiger partial charge in [0.05, 0.1) is 12.0 Å². The van der Waals surface area contributed by atoms with E-state index < -0.39 is 0 Å². The van der Waals surface area contributed by atoms with Gasteiger partial charge in [-0.05, 0) is 36.8 Å². The number of aromatic nitrogens is 3. The van der Waals surface area contributed by atoms with E-state index in [9.17, 15) is 4.79 Å². The number of aryl methyl sites for hydroxylation is 1. The van der Waals surface area contributed by atoms with Crippen LogP contribution < -0.4 is 5.32 Å². The molecular weight excluding hydrogens is 280 g/mol. The smallest absolute Gasteiger partial charge is 0.242 e. The van der Waals surface area contributed by atoms with Crippen LogP contribution in [0.15, 0.2) is 53.4 Å². The molecule has 3 heterocycles. The summed E-state index contributed by atoms with van der Waals surface area (Å²) in [6, 6.07) is 9.31. The highest BCUT2D eigenvalue weighted by Gasteiger charge is 2.13. The lowest BCUT2D eigenvalue weighted by atomic mass is 10.3. The Balaban J connectivity index is 1.67. The topological polar surface area (TPSA) is 73.0 Å². The van der Waals surface area contributed by atoms with Gasteiger partial charge >= 0.3 is 0 Å². The van der Waals surface area contributed by atoms with Gasteiger partial charge < -0.3 is 9.73 Å². The molecule has 0 radical (unpaired) electrons. The number of pyridine rings is 1. The number of rotatable bonds is 5. The molecule has 6 nitrogen and oxygen atoms in total. The fourth-order valence-electron chi connectivity index (χ4n) is 2.18. The third-order valence-electron chi connectivity index (χ3n) is 3.18. The van der Waals surface area contributed by atoms with E-state index in [-0.39, 0.29) is 12.5 Å². The van der Waals surface area contributed by atoms with Crippen LogP contribution in [0.2, 0.25) is 0 Å². The first kappa shape index (κ1) is 14.1. The van der Waals surface area contributed by atoms with Crippen LogP contribution in [0.1, 0.15) is 11.3 Å². The summed E-state index contributed by atoms with van der Waals surface area (Å²) in [6.45, 7) is 2.48. The van der Waals surface area contributed by atoms with E-state index in [1.807, 2.05) is 37.3 Å². The van der Waals surface area contributed by atoms with Crippen LogP contribution in [0.3, 0.4) is 0 Å². The van der Waals surface area contributed by atoms with Gasteiger partial charge in [0.25, 0.3) is 0 Å². The maximum atomic E-state index is 12.1. The van der Waals surface area contributed by atoms with E-state index in [4.69, 9.17) is 4.42 Å². The van der Waals surface area contributed by atoms with Crippen LogP contribution in [-0.4, -0.2) is 20.7 Å². The lowest BCUT2D eigenvalue weighted by molar-refractivity contribution is -0.122. The molecule has 0 aliphatic heterocycles. The number of carbonyl (C=O) groups is 1. The quantitative estimate of drug-likeness (QED) is 0.783. The normalized spacial score (nSPS) is 10.6. The predicted octanol–water partition coefficient (Wildman–Crippen LogP) is 2.16. The zero-order chi connectivity index (χ0) is 15.4. The average Bonchev–Trinajstić information content (AvgIpc) is 3.16. The highest BCUT2D eigenvalue weighted by atomic mass is 16.3. The van der Waals surface area contributed by atoms with Crippen LogP contribution >= 0.6 is 0 Å². The summed E-state index contributed by atoms with van der Waals surface area (Å²) in [4.78, 5) is 16.1. The minimum Gasteiger partial charge on any atom is -0.463 e. The fraction of sp³-hybridized carbons (Fsp3) is 0.188. The van der Waals surface area contributed by atoms with Crippen molar-refractivity contribution in [1.82, 2.24) is 20.1 Å². The van der Waals surface area contributed by atoms with Crippen molar-refractivity contribution in [3.8, 4) is 11.5 Å². The van der Waals surface area contributed by atoms with Crippen molar-refractivity contribution < 1.29 is 9.21 Å². The Morgan fingerprint density at radius 3 is 3.00 bits per heavy atom. The molecule has 112 valence electrons. The molecule has 0 aromatic carbocycles. The summed E-state index contributed by atoms with van der Waals surface area (Å²) < 4.78 is 7.03. The summed E-state index contributed by atoms with van der Waals surface area (Å²) in [5, 5.41) is 7.20. The summed E-state index contributed by atoms with van der Waals surface area (Å²) in [6.07, 6.45) is 5.03. The van der Waals surface area contributed by atoms with Gasteiger partial charge in [0.2, 0.25) is 5.91 Å². The first-order valence-electron chi connectivity index (χ1n) is 6.96. The van der Waals surface area contributed by atoms with Crippen LogP contribution in [0.25, 0.3) is 11.5 Å². The summed E-state index contributed by atoms with van der Waals surface area (Å²) in [5.74, 6) is 0.584. The molecule has 22 heavy (non-hydrogen) atoms. The van der Waals surface area contributed by atoms with E-state index >= 15 is 0 Å². The molecule has 1 N–H and O–H groups in total. The minimum atomic E-state index is -0.111. The fourth-order valence-corrected chi connectivity index (χ4v) is 2.18. The van der Waals surface area contributed by atoms with Crippen LogP contribution in [0, 0.1) is 6.92 Å². The maximum absolute atomic E-state index is 12.1. The Morgan fingerprint density at radius 1 is 1.36 bits per heavy atom. The van der Waals surface area contributed by atoms with Crippen molar-refractivity contribution in [2.75, 3.05) is 0 Å². The van der Waals surface area contributed by atoms with Gasteiger partial charge in [-0.25, -0.2) is 0 Å². The second-order valence-corrected chi connectivity index (χ2v) is 4.94. The number of furan rings is 1. The largest absolute Gasteiger partial charge is 0.463 e. The monoisotopic (exact) mass is 296 g/mol. The van der Waals surface area contributed by atoms with E-state index in [0.29, 0.717) is 12.3 Å². The van der Waals surface area contributed by atoms with Crippen LogP contribution in [0.5, 0.6) is 0 Å². The molecule has 3 aromatic rings. The lowest BCUT2D eigenvalue weighted by Gasteiger charge is -2.07. The molecule has 3 aromatic heterocycles. The molecule has 0 fully saturated rings. The van der Waals surface area contributed by atoms with E-state index in [1.54, 1.807) is 23.3 Å². The number of nitrogens with zero attached hydrogens (tertiary/aromatic N) is 3. The van der Waals surface area contributed by atoms with Crippen molar-refractivity contribution in [2.24, 2.45) is 0 Å². The standard InChI is InChI=1S/C16H16N4O2/c1-12-8-14(15-5-3-7-22-15)20(19-12)11-16(21)18-10-13-4-2-6-17-9-13/h2-9H,10-11H2,1H3,(H,18,21). The lowest BCUT2D eigenvalue weighted by Crippen LogP contribution is -2.27. The van der Waals surface area contributed by atoms with Gasteiger partial charge in [-0.3, -0.25) is 14.5 Å². The Labute approximate surface area is 127 Å². The van der Waals surface area contributed by atoms with Crippen molar-refractivity contribution in [1.29, 1.82) is 0 Å². The molecule has 0 atom stereocenters. The average molecular weight is 296 g/mol. The molecule has 0 aliphatic carbocycles. The molecule has 1 amide bonds. The number of hydrogen-bond acceptors (Lipinski definition) is 4. The Morgan fingerprint density at radius 2 is 2.27 bits per heavy atom. The van der Waals surface area contributed by atoms with Crippen molar-refractivity contribution in [2.45, 2.75) is 20.0 Å². The molecule has 0 saturated heterocycles. The third-order valence-corrected chi connectivity index (χ3v) is 3.18. The van der Waals surface area contributed by atoms with Gasteiger partial charge in [0.15, 0.2) is 5.76 Å². The summed E-state index contributed by atoms with van der Waals surface area (Å²) in [7, 11) is 0. The Bertz CT molecular complexity index is 748. The van der Waals surface area contributed by atoms with Crippen molar-refractivity contribution >= 4 is 5.91 Å². The molecule has 0 bridgehead atoms. The highest BCUT2D eigenvalue weighted by Crippen LogP contribution is 2.20. The zero-order valence-electron chi connectivity index (χ0n) is 12.2.